The van der Waals surface area contributed by atoms with Crippen LogP contribution in [0.5, 0.6) is 0 Å². The van der Waals surface area contributed by atoms with E-state index in [1.54, 1.807) is 0 Å². The molecule has 0 unspecified atom stereocenters. The monoisotopic (exact) mass is 336 g/mol. The molecule has 0 aliphatic carbocycles. The minimum atomic E-state index is 0.0461. The average Bonchev–Trinajstić information content (AvgIpc) is 2.83. The number of aromatic amines is 1. The van der Waals surface area contributed by atoms with Crippen LogP contribution in [0.2, 0.25) is 0 Å². The van der Waals surface area contributed by atoms with Gasteiger partial charge in [0.2, 0.25) is 0 Å². The van der Waals surface area contributed by atoms with Gasteiger partial charge < -0.3 is 20.5 Å². The molecule has 3 N–H and O–H groups in total. The first-order chi connectivity index (χ1) is 9.54. The Bertz CT molecular complexity index is 658. The highest BCUT2D eigenvalue weighted by atomic mass is 79.9. The smallest absolute Gasteiger partial charge is 0.270 e. The molecule has 5 nitrogen and oxygen atoms in total. The number of nitrogen functional groups attached to an aromatic ring is 1. The van der Waals surface area contributed by atoms with Crippen LogP contribution < -0.4 is 5.73 Å². The lowest BCUT2D eigenvalue weighted by Crippen LogP contribution is -2.47. The molecule has 2 heterocycles. The van der Waals surface area contributed by atoms with Crippen LogP contribution >= 0.6 is 15.9 Å². The number of hydrogen-bond acceptors (Lipinski definition) is 3. The van der Waals surface area contributed by atoms with E-state index in [1.165, 1.54) is 0 Å². The quantitative estimate of drug-likeness (QED) is 0.781. The maximum absolute atomic E-state index is 12.5. The first kappa shape index (κ1) is 13.5. The average molecular weight is 337 g/mol. The van der Waals surface area contributed by atoms with Gasteiger partial charge in [-0.05, 0) is 25.2 Å². The van der Waals surface area contributed by atoms with Crippen molar-refractivity contribution < 1.29 is 4.79 Å². The molecule has 0 radical (unpaired) electrons. The van der Waals surface area contributed by atoms with Crippen molar-refractivity contribution >= 4 is 38.4 Å². The van der Waals surface area contributed by atoms with Crippen molar-refractivity contribution in [2.75, 3.05) is 39.0 Å². The standard InChI is InChI=1S/C14H17BrN4O/c1-18-2-4-19(5-3-18)14(20)12-7-9-6-10(15)8-11(16)13(9)17-12/h6-8,17H,2-5,16H2,1H3. The van der Waals surface area contributed by atoms with E-state index in [2.05, 4.69) is 32.9 Å². The van der Waals surface area contributed by atoms with Gasteiger partial charge in [-0.1, -0.05) is 15.9 Å². The third kappa shape index (κ3) is 2.41. The summed E-state index contributed by atoms with van der Waals surface area (Å²) in [6.07, 6.45) is 0. The molecule has 1 saturated heterocycles. The van der Waals surface area contributed by atoms with Gasteiger partial charge in [0.05, 0.1) is 11.2 Å². The number of nitrogens with one attached hydrogen (secondary N) is 1. The largest absolute Gasteiger partial charge is 0.397 e. The Morgan fingerprint density at radius 1 is 1.25 bits per heavy atom. The Balaban J connectivity index is 1.90. The maximum Gasteiger partial charge on any atom is 0.270 e. The van der Waals surface area contributed by atoms with E-state index in [9.17, 15) is 4.79 Å². The summed E-state index contributed by atoms with van der Waals surface area (Å²) in [4.78, 5) is 19.8. The number of carbonyl (C=O) groups is 1. The molecule has 1 aliphatic heterocycles. The van der Waals surface area contributed by atoms with Gasteiger partial charge in [-0.15, -0.1) is 0 Å². The number of nitrogens with zero attached hydrogens (tertiary/aromatic N) is 2. The van der Waals surface area contributed by atoms with Crippen molar-refractivity contribution in [3.63, 3.8) is 0 Å². The van der Waals surface area contributed by atoms with E-state index in [1.807, 2.05) is 23.1 Å². The van der Waals surface area contributed by atoms with E-state index < -0.39 is 0 Å². The van der Waals surface area contributed by atoms with E-state index in [-0.39, 0.29) is 5.91 Å². The van der Waals surface area contributed by atoms with Crippen molar-refractivity contribution in [3.8, 4) is 0 Å². The normalized spacial score (nSPS) is 16.8. The number of rotatable bonds is 1. The summed E-state index contributed by atoms with van der Waals surface area (Å²) < 4.78 is 0.917. The Labute approximate surface area is 125 Å². The lowest BCUT2D eigenvalue weighted by Gasteiger charge is -2.32. The first-order valence-electron chi connectivity index (χ1n) is 6.60. The van der Waals surface area contributed by atoms with Crippen LogP contribution in [0.25, 0.3) is 10.9 Å². The summed E-state index contributed by atoms with van der Waals surface area (Å²) in [5.41, 5.74) is 8.05. The van der Waals surface area contributed by atoms with Crippen LogP contribution in [0.1, 0.15) is 10.5 Å². The number of nitrogens with two attached hydrogens (primary N) is 1. The van der Waals surface area contributed by atoms with E-state index >= 15 is 0 Å². The molecule has 6 heteroatoms. The molecular formula is C14H17BrN4O. The summed E-state index contributed by atoms with van der Waals surface area (Å²) in [6.45, 7) is 3.37. The van der Waals surface area contributed by atoms with Gasteiger partial charge >= 0.3 is 0 Å². The zero-order valence-electron chi connectivity index (χ0n) is 11.3. The SMILES string of the molecule is CN1CCN(C(=O)c2cc3cc(Br)cc(N)c3[nH]2)CC1. The summed E-state index contributed by atoms with van der Waals surface area (Å²) >= 11 is 3.42. The lowest BCUT2D eigenvalue weighted by atomic mass is 10.2. The molecule has 0 spiro atoms. The Hall–Kier alpha value is -1.53. The first-order valence-corrected chi connectivity index (χ1v) is 7.39. The Kier molecular flexibility index (Phi) is 3.43. The molecule has 2 aromatic rings. The van der Waals surface area contributed by atoms with E-state index in [0.29, 0.717) is 11.4 Å². The third-order valence-corrected chi connectivity index (χ3v) is 4.20. The van der Waals surface area contributed by atoms with Gasteiger partial charge in [0.1, 0.15) is 5.69 Å². The fourth-order valence-electron chi connectivity index (χ4n) is 2.53. The zero-order chi connectivity index (χ0) is 14.3. The fourth-order valence-corrected chi connectivity index (χ4v) is 3.02. The molecular weight excluding hydrogens is 320 g/mol. The number of piperazine rings is 1. The van der Waals surface area contributed by atoms with Gasteiger partial charge in [0.25, 0.3) is 5.91 Å². The molecule has 1 aliphatic rings. The highest BCUT2D eigenvalue weighted by Crippen LogP contribution is 2.27. The molecule has 1 amide bonds. The molecule has 106 valence electrons. The number of amides is 1. The van der Waals surface area contributed by atoms with Crippen LogP contribution in [0, 0.1) is 0 Å². The summed E-state index contributed by atoms with van der Waals surface area (Å²) in [7, 11) is 2.07. The second-order valence-corrected chi connectivity index (χ2v) is 6.15. The maximum atomic E-state index is 12.5. The summed E-state index contributed by atoms with van der Waals surface area (Å²) in [6, 6.07) is 5.67. The third-order valence-electron chi connectivity index (χ3n) is 3.74. The predicted molar refractivity (Wildman–Crippen MR) is 83.8 cm³/mol. The van der Waals surface area contributed by atoms with E-state index in [4.69, 9.17) is 5.73 Å². The van der Waals surface area contributed by atoms with Crippen LogP contribution in [-0.4, -0.2) is 53.9 Å². The van der Waals surface area contributed by atoms with Crippen molar-refractivity contribution in [2.24, 2.45) is 0 Å². The predicted octanol–water partition coefficient (Wildman–Crippen LogP) is 1.90. The lowest BCUT2D eigenvalue weighted by molar-refractivity contribution is 0.0659. The highest BCUT2D eigenvalue weighted by molar-refractivity contribution is 9.10. The Morgan fingerprint density at radius 3 is 2.65 bits per heavy atom. The molecule has 0 atom stereocenters. The molecule has 3 rings (SSSR count). The second-order valence-electron chi connectivity index (χ2n) is 5.24. The highest BCUT2D eigenvalue weighted by Gasteiger charge is 2.22. The summed E-state index contributed by atoms with van der Waals surface area (Å²) in [5, 5.41) is 0.953. The van der Waals surface area contributed by atoms with Crippen LogP contribution in [0.15, 0.2) is 22.7 Å². The summed E-state index contributed by atoms with van der Waals surface area (Å²) in [5.74, 6) is 0.0461. The second kappa shape index (κ2) is 5.10. The topological polar surface area (TPSA) is 65.4 Å². The molecule has 0 saturated carbocycles. The molecule has 1 fully saturated rings. The van der Waals surface area contributed by atoms with Gasteiger partial charge in [-0.3, -0.25) is 4.79 Å². The number of aromatic nitrogens is 1. The molecule has 0 bridgehead atoms. The van der Waals surface area contributed by atoms with E-state index in [0.717, 1.165) is 41.6 Å². The van der Waals surface area contributed by atoms with Crippen molar-refractivity contribution in [1.82, 2.24) is 14.8 Å². The molecule has 1 aromatic heterocycles. The van der Waals surface area contributed by atoms with Crippen LogP contribution in [0.3, 0.4) is 0 Å². The van der Waals surface area contributed by atoms with Gasteiger partial charge in [-0.2, -0.15) is 0 Å². The zero-order valence-corrected chi connectivity index (χ0v) is 12.9. The van der Waals surface area contributed by atoms with Crippen molar-refractivity contribution in [3.05, 3.63) is 28.4 Å². The molecule has 20 heavy (non-hydrogen) atoms. The van der Waals surface area contributed by atoms with Gasteiger partial charge in [0, 0.05) is 36.0 Å². The van der Waals surface area contributed by atoms with Crippen LogP contribution in [-0.2, 0) is 0 Å². The van der Waals surface area contributed by atoms with Crippen molar-refractivity contribution in [2.45, 2.75) is 0 Å². The van der Waals surface area contributed by atoms with Gasteiger partial charge in [0.15, 0.2) is 0 Å². The van der Waals surface area contributed by atoms with Crippen molar-refractivity contribution in [1.29, 1.82) is 0 Å². The number of likely N-dealkylation sites (N-methyl/N-ethyl adjacent to an activating group) is 1. The Morgan fingerprint density at radius 2 is 1.95 bits per heavy atom. The number of halogens is 1. The number of benzene rings is 1. The number of hydrogen-bond donors (Lipinski definition) is 2. The minimum absolute atomic E-state index is 0.0461. The molecule has 1 aromatic carbocycles. The van der Waals surface area contributed by atoms with Crippen LogP contribution in [0.4, 0.5) is 5.69 Å². The fraction of sp³-hybridized carbons (Fsp3) is 0.357. The minimum Gasteiger partial charge on any atom is -0.397 e. The number of H-pyrrole nitrogens is 1. The number of carbonyl (C=O) groups excluding carboxylic acids is 1. The number of fused-ring (bicyclic) bond motifs is 1. The van der Waals surface area contributed by atoms with Gasteiger partial charge in [-0.25, -0.2) is 0 Å². The number of anilines is 1.